The molecule has 45 heavy (non-hydrogen) atoms. The summed E-state index contributed by atoms with van der Waals surface area (Å²) < 4.78 is 53.9. The topological polar surface area (TPSA) is 169 Å². The molecule has 3 N–H and O–H groups in total. The highest BCUT2D eigenvalue weighted by Crippen LogP contribution is 2.42. The zero-order valence-electron chi connectivity index (χ0n) is 24.3. The Morgan fingerprint density at radius 1 is 1.22 bits per heavy atom. The number of hydrogen-bond donors (Lipinski definition) is 3. The molecule has 2 aromatic carbocycles. The molecule has 15 heteroatoms. The molecule has 0 unspecified atom stereocenters. The third-order valence-corrected chi connectivity index (χ3v) is 9.30. The van der Waals surface area contributed by atoms with Crippen LogP contribution in [0.5, 0.6) is 5.88 Å². The number of aromatic nitrogens is 2. The summed E-state index contributed by atoms with van der Waals surface area (Å²) >= 11 is 0. The molecule has 1 saturated carbocycles. The minimum atomic E-state index is -4.52. The Bertz CT molecular complexity index is 1880. The number of carbonyl (C=O) groups excluding carboxylic acids is 1. The number of rotatable bonds is 10. The van der Waals surface area contributed by atoms with Gasteiger partial charge in [0, 0.05) is 37.8 Å². The van der Waals surface area contributed by atoms with Gasteiger partial charge in [-0.15, -0.1) is 0 Å². The van der Waals surface area contributed by atoms with Crippen molar-refractivity contribution in [1.29, 1.82) is 0 Å². The molecular weight excluding hydrogens is 607 g/mol. The van der Waals surface area contributed by atoms with Gasteiger partial charge in [0.2, 0.25) is 5.88 Å². The molecule has 1 aliphatic carbocycles. The first-order valence-corrected chi connectivity index (χ1v) is 15.8. The lowest BCUT2D eigenvalue weighted by molar-refractivity contribution is -0.384. The molecule has 1 fully saturated rings. The Kier molecular flexibility index (Phi) is 8.05. The first kappa shape index (κ1) is 30.3. The van der Waals surface area contributed by atoms with E-state index in [1.807, 2.05) is 17.0 Å². The van der Waals surface area contributed by atoms with Gasteiger partial charge in [-0.3, -0.25) is 14.9 Å². The molecule has 4 aromatic rings. The van der Waals surface area contributed by atoms with E-state index < -0.39 is 37.1 Å². The van der Waals surface area contributed by atoms with Crippen LogP contribution in [0, 0.1) is 16.0 Å². The number of aromatic amines is 1. The average Bonchev–Trinajstić information content (AvgIpc) is 3.36. The highest BCUT2D eigenvalue weighted by atomic mass is 32.2. The molecule has 3 heterocycles. The van der Waals surface area contributed by atoms with E-state index in [1.54, 1.807) is 24.4 Å². The van der Waals surface area contributed by atoms with E-state index in [-0.39, 0.29) is 43.2 Å². The van der Waals surface area contributed by atoms with Crippen LogP contribution in [-0.4, -0.2) is 68.3 Å². The van der Waals surface area contributed by atoms with Crippen molar-refractivity contribution in [3.8, 4) is 5.88 Å². The van der Waals surface area contributed by atoms with E-state index in [0.717, 1.165) is 11.5 Å². The second kappa shape index (κ2) is 12.0. The zero-order chi connectivity index (χ0) is 31.8. The maximum Gasteiger partial charge on any atom is 0.293 e. The van der Waals surface area contributed by atoms with Gasteiger partial charge < -0.3 is 24.7 Å². The number of nitro groups is 1. The first-order valence-electron chi connectivity index (χ1n) is 14.3. The SMILES string of the molecule is COCC1(F)CC(CNc2ccc(S(=O)(=O)NC(=O)c3ccccc3N3CCCOc4nc5[nH]ccc5cc43)cc2[N+](=O)[O-])C1. The smallest absolute Gasteiger partial charge is 0.293 e. The van der Waals surface area contributed by atoms with Crippen LogP contribution in [0.15, 0.2) is 65.7 Å². The van der Waals surface area contributed by atoms with Crippen molar-refractivity contribution < 1.29 is 32.0 Å². The lowest BCUT2D eigenvalue weighted by Gasteiger charge is -2.41. The zero-order valence-corrected chi connectivity index (χ0v) is 25.1. The van der Waals surface area contributed by atoms with Gasteiger partial charge >= 0.3 is 0 Å². The Morgan fingerprint density at radius 3 is 2.80 bits per heavy atom. The molecule has 2 aliphatic rings. The average molecular weight is 639 g/mol. The largest absolute Gasteiger partial charge is 0.476 e. The number of H-pyrrole nitrogens is 1. The summed E-state index contributed by atoms with van der Waals surface area (Å²) in [6.45, 7) is 1.13. The number of ether oxygens (including phenoxy) is 2. The molecule has 0 atom stereocenters. The van der Waals surface area contributed by atoms with Gasteiger partial charge in [0.25, 0.3) is 21.6 Å². The molecule has 1 amide bonds. The van der Waals surface area contributed by atoms with Gasteiger partial charge in [-0.2, -0.15) is 4.98 Å². The molecular formula is C30H31FN6O7S. The molecule has 0 saturated heterocycles. The lowest BCUT2D eigenvalue weighted by Crippen LogP contribution is -2.46. The van der Waals surface area contributed by atoms with Gasteiger partial charge in [0.1, 0.15) is 22.7 Å². The van der Waals surface area contributed by atoms with Crippen molar-refractivity contribution in [2.24, 2.45) is 5.92 Å². The Morgan fingerprint density at radius 2 is 2.02 bits per heavy atom. The molecule has 6 rings (SSSR count). The number of para-hydroxylation sites is 1. The molecule has 13 nitrogen and oxygen atoms in total. The lowest BCUT2D eigenvalue weighted by atomic mass is 9.72. The Balaban J connectivity index is 1.22. The van der Waals surface area contributed by atoms with Crippen LogP contribution in [-0.2, 0) is 14.8 Å². The highest BCUT2D eigenvalue weighted by Gasteiger charge is 2.44. The fourth-order valence-electron chi connectivity index (χ4n) is 5.88. The number of nitro benzene ring substituents is 1. The number of nitrogens with zero attached hydrogens (tertiary/aromatic N) is 3. The number of amides is 1. The number of pyridine rings is 1. The summed E-state index contributed by atoms with van der Waals surface area (Å²) in [5.41, 5.74) is -0.0113. The third kappa shape index (κ3) is 6.13. The van der Waals surface area contributed by atoms with E-state index in [9.17, 15) is 27.7 Å². The number of fused-ring (bicyclic) bond motifs is 2. The molecule has 236 valence electrons. The summed E-state index contributed by atoms with van der Waals surface area (Å²) in [5, 5.41) is 15.6. The van der Waals surface area contributed by atoms with Crippen molar-refractivity contribution in [2.75, 3.05) is 43.6 Å². The second-order valence-electron chi connectivity index (χ2n) is 11.2. The number of carbonyl (C=O) groups is 1. The van der Waals surface area contributed by atoms with Crippen LogP contribution in [0.2, 0.25) is 0 Å². The van der Waals surface area contributed by atoms with Gasteiger partial charge in [-0.25, -0.2) is 17.5 Å². The first-order chi connectivity index (χ1) is 21.6. The van der Waals surface area contributed by atoms with Crippen LogP contribution in [0.4, 0.5) is 27.1 Å². The molecule has 0 spiro atoms. The minimum absolute atomic E-state index is 0.0135. The fourth-order valence-corrected chi connectivity index (χ4v) is 6.87. The third-order valence-electron chi connectivity index (χ3n) is 7.97. The van der Waals surface area contributed by atoms with E-state index in [0.29, 0.717) is 42.5 Å². The summed E-state index contributed by atoms with van der Waals surface area (Å²) in [6, 6.07) is 13.6. The number of sulfonamides is 1. The normalized spacial score (nSPS) is 19.6. The maximum atomic E-state index is 14.4. The van der Waals surface area contributed by atoms with Crippen molar-refractivity contribution in [1.82, 2.24) is 14.7 Å². The number of nitrogens with one attached hydrogen (secondary N) is 3. The number of benzene rings is 2. The van der Waals surface area contributed by atoms with E-state index in [2.05, 4.69) is 20.0 Å². The monoisotopic (exact) mass is 638 g/mol. The molecule has 1 aliphatic heterocycles. The maximum absolute atomic E-state index is 14.4. The van der Waals surface area contributed by atoms with Crippen LogP contribution in [0.25, 0.3) is 11.0 Å². The molecule has 2 aromatic heterocycles. The van der Waals surface area contributed by atoms with E-state index in [4.69, 9.17) is 9.47 Å². The van der Waals surface area contributed by atoms with E-state index >= 15 is 0 Å². The molecule has 0 radical (unpaired) electrons. The fraction of sp³-hybridized carbons (Fsp3) is 0.333. The van der Waals surface area contributed by atoms with Crippen molar-refractivity contribution in [3.63, 3.8) is 0 Å². The quantitative estimate of drug-likeness (QED) is 0.164. The standard InChI is InChI=1S/C30H31FN6O7S/c1-43-18-30(31)15-19(16-30)17-33-23-8-7-21(14-25(23)37(39)40)45(41,42)35-28(38)22-5-2-3-6-24(22)36-11-4-12-44-29-26(36)13-20-9-10-32-27(20)34-29/h2-3,5-10,13-14,19,33H,4,11-12,15-18H2,1H3,(H,32,34)(H,35,38). The van der Waals surface area contributed by atoms with Crippen LogP contribution < -0.4 is 19.7 Å². The van der Waals surface area contributed by atoms with Crippen molar-refractivity contribution >= 4 is 49.7 Å². The number of anilines is 3. The van der Waals surface area contributed by atoms with Crippen molar-refractivity contribution in [3.05, 3.63) is 76.5 Å². The summed E-state index contributed by atoms with van der Waals surface area (Å²) in [7, 11) is -3.09. The number of alkyl halides is 1. The second-order valence-corrected chi connectivity index (χ2v) is 12.9. The predicted octanol–water partition coefficient (Wildman–Crippen LogP) is 4.69. The summed E-state index contributed by atoms with van der Waals surface area (Å²) in [5.74, 6) is -0.587. The van der Waals surface area contributed by atoms with Gasteiger partial charge in [0.15, 0.2) is 0 Å². The number of halogens is 1. The van der Waals surface area contributed by atoms with E-state index in [1.165, 1.54) is 25.3 Å². The van der Waals surface area contributed by atoms with Crippen molar-refractivity contribution in [2.45, 2.75) is 29.8 Å². The van der Waals surface area contributed by atoms with Gasteiger partial charge in [-0.1, -0.05) is 12.1 Å². The summed E-state index contributed by atoms with van der Waals surface area (Å²) in [6.07, 6.45) is 2.88. The highest BCUT2D eigenvalue weighted by molar-refractivity contribution is 7.90. The number of methoxy groups -OCH3 is 1. The summed E-state index contributed by atoms with van der Waals surface area (Å²) in [4.78, 5) is 33.7. The van der Waals surface area contributed by atoms with Crippen LogP contribution in [0.3, 0.4) is 0 Å². The van der Waals surface area contributed by atoms with Crippen LogP contribution in [0.1, 0.15) is 29.6 Å². The Hall–Kier alpha value is -4.76. The number of hydrogen-bond acceptors (Lipinski definition) is 10. The van der Waals surface area contributed by atoms with Gasteiger partial charge in [0.05, 0.1) is 34.3 Å². The predicted molar refractivity (Wildman–Crippen MR) is 164 cm³/mol. The molecule has 0 bridgehead atoms. The Labute approximate surface area is 257 Å². The van der Waals surface area contributed by atoms with Crippen LogP contribution >= 0.6 is 0 Å². The van der Waals surface area contributed by atoms with Gasteiger partial charge in [-0.05, 0) is 61.6 Å². The minimum Gasteiger partial charge on any atom is -0.476 e.